The third-order valence-electron chi connectivity index (χ3n) is 2.92. The second-order valence-electron chi connectivity index (χ2n) is 5.56. The highest BCUT2D eigenvalue weighted by atomic mass is 16.5. The fourth-order valence-corrected chi connectivity index (χ4v) is 1.81. The molecule has 1 aromatic carbocycles. The van der Waals surface area contributed by atoms with Gasteiger partial charge in [0.15, 0.2) is 17.3 Å². The lowest BCUT2D eigenvalue weighted by Crippen LogP contribution is -2.13. The monoisotopic (exact) mass is 275 g/mol. The maximum absolute atomic E-state index is 5.57. The molecule has 1 N–H and O–H groups in total. The molecule has 2 aromatic rings. The second kappa shape index (κ2) is 5.53. The van der Waals surface area contributed by atoms with Crippen molar-refractivity contribution in [3.8, 4) is 22.9 Å². The van der Waals surface area contributed by atoms with Crippen LogP contribution in [-0.4, -0.2) is 28.9 Å². The molecular formula is C15H21N3O2. The largest absolute Gasteiger partial charge is 0.493 e. The van der Waals surface area contributed by atoms with Gasteiger partial charge in [-0.15, -0.1) is 0 Å². The van der Waals surface area contributed by atoms with Crippen molar-refractivity contribution in [1.82, 2.24) is 15.2 Å². The number of benzene rings is 1. The maximum atomic E-state index is 5.57. The van der Waals surface area contributed by atoms with E-state index in [-0.39, 0.29) is 5.41 Å². The minimum absolute atomic E-state index is 0.0551. The van der Waals surface area contributed by atoms with Crippen LogP contribution in [0.5, 0.6) is 11.5 Å². The van der Waals surface area contributed by atoms with Gasteiger partial charge in [-0.05, 0) is 25.1 Å². The van der Waals surface area contributed by atoms with Crippen LogP contribution >= 0.6 is 0 Å². The molecule has 0 aliphatic heterocycles. The van der Waals surface area contributed by atoms with Crippen molar-refractivity contribution < 1.29 is 9.47 Å². The average Bonchev–Trinajstić information content (AvgIpc) is 2.88. The predicted molar refractivity (Wildman–Crippen MR) is 78.2 cm³/mol. The van der Waals surface area contributed by atoms with Gasteiger partial charge in [0, 0.05) is 11.0 Å². The maximum Gasteiger partial charge on any atom is 0.181 e. The molecule has 0 aliphatic carbocycles. The molecule has 0 atom stereocenters. The number of ether oxygens (including phenoxy) is 2. The third-order valence-corrected chi connectivity index (χ3v) is 2.92. The first kappa shape index (κ1) is 14.4. The van der Waals surface area contributed by atoms with Gasteiger partial charge >= 0.3 is 0 Å². The molecule has 108 valence electrons. The number of methoxy groups -OCH3 is 1. The molecule has 0 amide bonds. The van der Waals surface area contributed by atoms with Crippen LogP contribution in [0.4, 0.5) is 0 Å². The summed E-state index contributed by atoms with van der Waals surface area (Å²) in [6.45, 7) is 8.81. The fraction of sp³-hybridized carbons (Fsp3) is 0.467. The van der Waals surface area contributed by atoms with Gasteiger partial charge in [0.25, 0.3) is 0 Å². The summed E-state index contributed by atoms with van der Waals surface area (Å²) in [7, 11) is 1.63. The van der Waals surface area contributed by atoms with Gasteiger partial charge in [0.1, 0.15) is 5.82 Å². The van der Waals surface area contributed by atoms with Gasteiger partial charge in [-0.3, -0.25) is 5.10 Å². The Kier molecular flexibility index (Phi) is 3.97. The Bertz CT molecular complexity index is 585. The number of rotatable bonds is 4. The SMILES string of the molecule is CCOc1cc(-c2n[nH]c(C(C)(C)C)n2)ccc1OC. The minimum atomic E-state index is -0.0551. The van der Waals surface area contributed by atoms with Crippen LogP contribution in [0.15, 0.2) is 18.2 Å². The average molecular weight is 275 g/mol. The molecule has 0 spiro atoms. The summed E-state index contributed by atoms with van der Waals surface area (Å²) >= 11 is 0. The summed E-state index contributed by atoms with van der Waals surface area (Å²) in [5.41, 5.74) is 0.849. The predicted octanol–water partition coefficient (Wildman–Crippen LogP) is 3.18. The van der Waals surface area contributed by atoms with Crippen LogP contribution in [0.1, 0.15) is 33.5 Å². The summed E-state index contributed by atoms with van der Waals surface area (Å²) in [4.78, 5) is 4.55. The number of H-pyrrole nitrogens is 1. The lowest BCUT2D eigenvalue weighted by Gasteiger charge is -2.13. The minimum Gasteiger partial charge on any atom is -0.493 e. The number of hydrogen-bond acceptors (Lipinski definition) is 4. The van der Waals surface area contributed by atoms with Gasteiger partial charge in [0.05, 0.1) is 13.7 Å². The Labute approximate surface area is 119 Å². The zero-order chi connectivity index (χ0) is 14.8. The van der Waals surface area contributed by atoms with Crippen LogP contribution in [-0.2, 0) is 5.41 Å². The summed E-state index contributed by atoms with van der Waals surface area (Å²) in [5, 5.41) is 7.27. The van der Waals surface area contributed by atoms with Crippen molar-refractivity contribution in [2.24, 2.45) is 0 Å². The van der Waals surface area contributed by atoms with Gasteiger partial charge < -0.3 is 9.47 Å². The summed E-state index contributed by atoms with van der Waals surface area (Å²) in [6, 6.07) is 5.70. The van der Waals surface area contributed by atoms with Gasteiger partial charge in [-0.1, -0.05) is 20.8 Å². The van der Waals surface area contributed by atoms with Gasteiger partial charge in [-0.25, -0.2) is 4.98 Å². The smallest absolute Gasteiger partial charge is 0.181 e. The van der Waals surface area contributed by atoms with E-state index in [4.69, 9.17) is 9.47 Å². The zero-order valence-corrected chi connectivity index (χ0v) is 12.7. The quantitative estimate of drug-likeness (QED) is 0.931. The van der Waals surface area contributed by atoms with E-state index in [1.807, 2.05) is 25.1 Å². The van der Waals surface area contributed by atoms with E-state index >= 15 is 0 Å². The highest BCUT2D eigenvalue weighted by Gasteiger charge is 2.19. The molecule has 2 rings (SSSR count). The van der Waals surface area contributed by atoms with Crippen molar-refractivity contribution in [3.63, 3.8) is 0 Å². The number of aromatic amines is 1. The van der Waals surface area contributed by atoms with Crippen LogP contribution in [0.3, 0.4) is 0 Å². The molecule has 0 aliphatic rings. The first-order valence-electron chi connectivity index (χ1n) is 6.69. The molecular weight excluding hydrogens is 254 g/mol. The lowest BCUT2D eigenvalue weighted by molar-refractivity contribution is 0.311. The molecule has 0 unspecified atom stereocenters. The molecule has 0 saturated carbocycles. The number of aromatic nitrogens is 3. The Morgan fingerprint density at radius 1 is 1.20 bits per heavy atom. The summed E-state index contributed by atoms with van der Waals surface area (Å²) in [5.74, 6) is 2.94. The summed E-state index contributed by atoms with van der Waals surface area (Å²) in [6.07, 6.45) is 0. The highest BCUT2D eigenvalue weighted by molar-refractivity contribution is 5.61. The molecule has 5 heteroatoms. The van der Waals surface area contributed by atoms with Gasteiger partial charge in [0.2, 0.25) is 0 Å². The molecule has 0 fully saturated rings. The van der Waals surface area contributed by atoms with E-state index in [1.165, 1.54) is 0 Å². The van der Waals surface area contributed by atoms with E-state index in [0.29, 0.717) is 23.9 Å². The zero-order valence-electron chi connectivity index (χ0n) is 12.7. The highest BCUT2D eigenvalue weighted by Crippen LogP contribution is 2.32. The first-order chi connectivity index (χ1) is 9.45. The van der Waals surface area contributed by atoms with Crippen LogP contribution < -0.4 is 9.47 Å². The lowest BCUT2D eigenvalue weighted by atomic mass is 9.96. The molecule has 20 heavy (non-hydrogen) atoms. The first-order valence-corrected chi connectivity index (χ1v) is 6.69. The Hall–Kier alpha value is -2.04. The van der Waals surface area contributed by atoms with E-state index in [9.17, 15) is 0 Å². The molecule has 0 saturated heterocycles. The normalized spacial score (nSPS) is 11.4. The van der Waals surface area contributed by atoms with E-state index < -0.39 is 0 Å². The Morgan fingerprint density at radius 2 is 1.95 bits per heavy atom. The van der Waals surface area contributed by atoms with E-state index in [0.717, 1.165) is 11.4 Å². The van der Waals surface area contributed by atoms with Crippen molar-refractivity contribution in [2.75, 3.05) is 13.7 Å². The number of nitrogens with zero attached hydrogens (tertiary/aromatic N) is 2. The number of hydrogen-bond donors (Lipinski definition) is 1. The molecule has 0 bridgehead atoms. The molecule has 0 radical (unpaired) electrons. The standard InChI is InChI=1S/C15H21N3O2/c1-6-20-12-9-10(7-8-11(12)19-5)13-16-14(18-17-13)15(2,3)4/h7-9H,6H2,1-5H3,(H,16,17,18). The van der Waals surface area contributed by atoms with Crippen molar-refractivity contribution in [3.05, 3.63) is 24.0 Å². The van der Waals surface area contributed by atoms with Crippen molar-refractivity contribution >= 4 is 0 Å². The van der Waals surface area contributed by atoms with Crippen LogP contribution in [0.2, 0.25) is 0 Å². The topological polar surface area (TPSA) is 60.0 Å². The van der Waals surface area contributed by atoms with E-state index in [1.54, 1.807) is 7.11 Å². The number of nitrogens with one attached hydrogen (secondary N) is 1. The molecule has 1 aromatic heterocycles. The summed E-state index contributed by atoms with van der Waals surface area (Å²) < 4.78 is 10.8. The molecule has 5 nitrogen and oxygen atoms in total. The molecule has 1 heterocycles. The van der Waals surface area contributed by atoms with Gasteiger partial charge in [-0.2, -0.15) is 5.10 Å². The van der Waals surface area contributed by atoms with E-state index in [2.05, 4.69) is 36.0 Å². The Balaban J connectivity index is 2.37. The van der Waals surface area contributed by atoms with Crippen molar-refractivity contribution in [1.29, 1.82) is 0 Å². The van der Waals surface area contributed by atoms with Crippen LogP contribution in [0.25, 0.3) is 11.4 Å². The third kappa shape index (κ3) is 2.92. The van der Waals surface area contributed by atoms with Crippen LogP contribution in [0, 0.1) is 0 Å². The second-order valence-corrected chi connectivity index (χ2v) is 5.56. The fourth-order valence-electron chi connectivity index (χ4n) is 1.81. The van der Waals surface area contributed by atoms with Crippen molar-refractivity contribution in [2.45, 2.75) is 33.1 Å². The Morgan fingerprint density at radius 3 is 2.50 bits per heavy atom.